The van der Waals surface area contributed by atoms with Crippen molar-refractivity contribution < 1.29 is 9.84 Å². The van der Waals surface area contributed by atoms with E-state index < -0.39 is 0 Å². The predicted octanol–water partition coefficient (Wildman–Crippen LogP) is 6.81. The highest BCUT2D eigenvalue weighted by atomic mass is 35.5. The van der Waals surface area contributed by atoms with Gasteiger partial charge in [-0.15, -0.1) is 12.4 Å². The third-order valence-electron chi connectivity index (χ3n) is 6.07. The summed E-state index contributed by atoms with van der Waals surface area (Å²) in [6.45, 7) is 4.93. The number of halogens is 1. The van der Waals surface area contributed by atoms with Crippen molar-refractivity contribution in [3.63, 3.8) is 0 Å². The summed E-state index contributed by atoms with van der Waals surface area (Å²) in [4.78, 5) is 11.7. The summed E-state index contributed by atoms with van der Waals surface area (Å²) >= 11 is 0. The minimum atomic E-state index is 0. The van der Waals surface area contributed by atoms with Crippen molar-refractivity contribution in [2.24, 2.45) is 0 Å². The lowest BCUT2D eigenvalue weighted by Crippen LogP contribution is -2.28. The molecule has 0 aliphatic carbocycles. The molecular formula is C31H30ClN3O2. The molecule has 6 heteroatoms. The predicted molar refractivity (Wildman–Crippen MR) is 151 cm³/mol. The Morgan fingerprint density at radius 3 is 2.03 bits per heavy atom. The smallest absolute Gasteiger partial charge is 0.217 e. The van der Waals surface area contributed by atoms with Crippen molar-refractivity contribution in [3.05, 3.63) is 120 Å². The summed E-state index contributed by atoms with van der Waals surface area (Å²) in [5.41, 5.74) is 4.32. The van der Waals surface area contributed by atoms with E-state index in [4.69, 9.17) is 9.72 Å². The molecule has 5 rings (SSSR count). The van der Waals surface area contributed by atoms with E-state index in [2.05, 4.69) is 58.4 Å². The molecule has 0 amide bonds. The molecule has 0 saturated carbocycles. The van der Waals surface area contributed by atoms with E-state index in [1.165, 1.54) is 11.1 Å². The molecule has 0 atom stereocenters. The fourth-order valence-corrected chi connectivity index (χ4v) is 4.29. The fourth-order valence-electron chi connectivity index (χ4n) is 4.29. The van der Waals surface area contributed by atoms with Gasteiger partial charge in [-0.1, -0.05) is 78.9 Å². The standard InChI is InChI=1S/C31H29N3O2.ClH/c1-23-18-30(33-31(32-23)28-13-12-27-20-29(35)15-14-26(27)19-28)36-17-16-34(21-24-8-4-2-5-9-24)22-25-10-6-3-7-11-25;/h2-15,18-20,35H,16-17,21-22H2,1H3;1H. The van der Waals surface area contributed by atoms with Crippen molar-refractivity contribution in [1.82, 2.24) is 14.9 Å². The van der Waals surface area contributed by atoms with Crippen LogP contribution >= 0.6 is 12.4 Å². The summed E-state index contributed by atoms with van der Waals surface area (Å²) in [5, 5.41) is 11.7. The number of aryl methyl sites for hydroxylation is 1. The maximum Gasteiger partial charge on any atom is 0.217 e. The molecule has 0 spiro atoms. The number of hydrogen-bond donors (Lipinski definition) is 1. The van der Waals surface area contributed by atoms with Crippen LogP contribution in [0.3, 0.4) is 0 Å². The quantitative estimate of drug-likeness (QED) is 0.235. The second kappa shape index (κ2) is 12.3. The van der Waals surface area contributed by atoms with Gasteiger partial charge in [0.1, 0.15) is 12.4 Å². The van der Waals surface area contributed by atoms with Crippen LogP contribution < -0.4 is 4.74 Å². The van der Waals surface area contributed by atoms with Crippen LogP contribution in [0.4, 0.5) is 0 Å². The van der Waals surface area contributed by atoms with Gasteiger partial charge in [-0.3, -0.25) is 4.90 Å². The summed E-state index contributed by atoms with van der Waals surface area (Å²) in [7, 11) is 0. The maximum atomic E-state index is 9.73. The van der Waals surface area contributed by atoms with Gasteiger partial charge in [0.05, 0.1) is 0 Å². The molecule has 1 N–H and O–H groups in total. The zero-order valence-electron chi connectivity index (χ0n) is 20.7. The molecule has 5 aromatic rings. The Balaban J connectivity index is 0.00000320. The Hall–Kier alpha value is -3.93. The average molecular weight is 512 g/mol. The molecule has 0 unspecified atom stereocenters. The Morgan fingerprint density at radius 1 is 0.730 bits per heavy atom. The number of phenolic OH excluding ortho intramolecular Hbond substituents is 1. The number of hydrogen-bond acceptors (Lipinski definition) is 5. The van der Waals surface area contributed by atoms with Gasteiger partial charge < -0.3 is 9.84 Å². The van der Waals surface area contributed by atoms with Crippen LogP contribution in [0.25, 0.3) is 22.2 Å². The highest BCUT2D eigenvalue weighted by Gasteiger charge is 2.11. The van der Waals surface area contributed by atoms with Gasteiger partial charge in [0, 0.05) is 37.0 Å². The number of rotatable bonds is 9. The van der Waals surface area contributed by atoms with Gasteiger partial charge in [0.15, 0.2) is 5.82 Å². The molecule has 188 valence electrons. The Labute approximate surface area is 223 Å². The number of aromatic hydroxyl groups is 1. The Morgan fingerprint density at radius 2 is 1.35 bits per heavy atom. The second-order valence-electron chi connectivity index (χ2n) is 8.95. The first-order chi connectivity index (χ1) is 17.6. The van der Waals surface area contributed by atoms with E-state index in [-0.39, 0.29) is 18.2 Å². The number of nitrogens with zero attached hydrogens (tertiary/aromatic N) is 3. The number of benzene rings is 4. The summed E-state index contributed by atoms with van der Waals surface area (Å²) < 4.78 is 6.13. The molecule has 5 nitrogen and oxygen atoms in total. The number of ether oxygens (including phenoxy) is 1. The van der Waals surface area contributed by atoms with Gasteiger partial charge in [-0.05, 0) is 47.0 Å². The van der Waals surface area contributed by atoms with Crippen LogP contribution in [0.15, 0.2) is 103 Å². The Kier molecular flexibility index (Phi) is 8.72. The molecule has 0 aliphatic rings. The van der Waals surface area contributed by atoms with Crippen LogP contribution in [0.2, 0.25) is 0 Å². The maximum absolute atomic E-state index is 9.73. The number of aromatic nitrogens is 2. The summed E-state index contributed by atoms with van der Waals surface area (Å²) in [6.07, 6.45) is 0. The lowest BCUT2D eigenvalue weighted by molar-refractivity contribution is 0.192. The summed E-state index contributed by atoms with van der Waals surface area (Å²) in [6, 6.07) is 34.2. The van der Waals surface area contributed by atoms with E-state index in [1.54, 1.807) is 12.1 Å². The number of fused-ring (bicyclic) bond motifs is 1. The van der Waals surface area contributed by atoms with Crippen LogP contribution in [0.1, 0.15) is 16.8 Å². The molecule has 37 heavy (non-hydrogen) atoms. The van der Waals surface area contributed by atoms with E-state index in [1.807, 2.05) is 49.4 Å². The molecule has 4 aromatic carbocycles. The average Bonchev–Trinajstić information content (AvgIpc) is 2.89. The third-order valence-corrected chi connectivity index (χ3v) is 6.07. The second-order valence-corrected chi connectivity index (χ2v) is 8.95. The molecule has 0 fully saturated rings. The van der Waals surface area contributed by atoms with Crippen LogP contribution in [0, 0.1) is 6.92 Å². The van der Waals surface area contributed by atoms with Crippen molar-refractivity contribution in [3.8, 4) is 23.0 Å². The highest BCUT2D eigenvalue weighted by Crippen LogP contribution is 2.26. The Bertz CT molecular complexity index is 1400. The minimum absolute atomic E-state index is 0. The monoisotopic (exact) mass is 511 g/mol. The van der Waals surface area contributed by atoms with Gasteiger partial charge in [0.2, 0.25) is 5.88 Å². The molecule has 0 saturated heterocycles. The van der Waals surface area contributed by atoms with E-state index in [0.717, 1.165) is 41.7 Å². The van der Waals surface area contributed by atoms with E-state index in [0.29, 0.717) is 18.3 Å². The van der Waals surface area contributed by atoms with Crippen molar-refractivity contribution in [2.75, 3.05) is 13.2 Å². The number of phenols is 1. The van der Waals surface area contributed by atoms with Crippen LogP contribution in [-0.2, 0) is 13.1 Å². The molecule has 0 bridgehead atoms. The van der Waals surface area contributed by atoms with Crippen molar-refractivity contribution >= 4 is 23.2 Å². The normalized spacial score (nSPS) is 10.9. The highest BCUT2D eigenvalue weighted by molar-refractivity contribution is 5.87. The van der Waals surface area contributed by atoms with Crippen LogP contribution in [0.5, 0.6) is 11.6 Å². The van der Waals surface area contributed by atoms with E-state index >= 15 is 0 Å². The van der Waals surface area contributed by atoms with Gasteiger partial charge in [-0.2, -0.15) is 4.98 Å². The third kappa shape index (κ3) is 7.06. The SMILES string of the molecule is Cc1cc(OCCN(Cc2ccccc2)Cc2ccccc2)nc(-c2ccc3cc(O)ccc3c2)n1.Cl. The van der Waals surface area contributed by atoms with Crippen LogP contribution in [-0.4, -0.2) is 33.1 Å². The largest absolute Gasteiger partial charge is 0.508 e. The molecule has 0 radical (unpaired) electrons. The molecule has 0 aliphatic heterocycles. The molecule has 1 aromatic heterocycles. The zero-order chi connectivity index (χ0) is 24.7. The summed E-state index contributed by atoms with van der Waals surface area (Å²) in [5.74, 6) is 1.46. The van der Waals surface area contributed by atoms with Crippen molar-refractivity contribution in [2.45, 2.75) is 20.0 Å². The fraction of sp³-hybridized carbons (Fsp3) is 0.161. The van der Waals surface area contributed by atoms with Crippen molar-refractivity contribution in [1.29, 1.82) is 0 Å². The first-order valence-electron chi connectivity index (χ1n) is 12.1. The lowest BCUT2D eigenvalue weighted by Gasteiger charge is -2.22. The molecular weight excluding hydrogens is 482 g/mol. The van der Waals surface area contributed by atoms with Gasteiger partial charge >= 0.3 is 0 Å². The van der Waals surface area contributed by atoms with Gasteiger partial charge in [-0.25, -0.2) is 4.98 Å². The zero-order valence-corrected chi connectivity index (χ0v) is 21.6. The molecule has 1 heterocycles. The van der Waals surface area contributed by atoms with E-state index in [9.17, 15) is 5.11 Å². The minimum Gasteiger partial charge on any atom is -0.508 e. The first-order valence-corrected chi connectivity index (χ1v) is 12.1. The van der Waals surface area contributed by atoms with Gasteiger partial charge in [0.25, 0.3) is 0 Å². The lowest BCUT2D eigenvalue weighted by atomic mass is 10.1. The topological polar surface area (TPSA) is 58.5 Å². The first kappa shape index (κ1) is 26.1.